The van der Waals surface area contributed by atoms with Crippen molar-refractivity contribution >= 4 is 11.3 Å². The van der Waals surface area contributed by atoms with E-state index >= 15 is 0 Å². The highest BCUT2D eigenvalue weighted by atomic mass is 32.1. The summed E-state index contributed by atoms with van der Waals surface area (Å²) >= 11 is 1.89. The summed E-state index contributed by atoms with van der Waals surface area (Å²) in [5.41, 5.74) is 6.28. The third-order valence-corrected chi connectivity index (χ3v) is 5.28. The lowest BCUT2D eigenvalue weighted by Gasteiger charge is -2.30. The lowest BCUT2D eigenvalue weighted by molar-refractivity contribution is 0.200. The zero-order valence-electron chi connectivity index (χ0n) is 12.8. The van der Waals surface area contributed by atoms with Gasteiger partial charge in [-0.3, -0.25) is 4.90 Å². The molecule has 0 spiro atoms. The number of likely N-dealkylation sites (tertiary alicyclic amines) is 1. The Morgan fingerprint density at radius 2 is 2.05 bits per heavy atom. The first-order valence-electron chi connectivity index (χ1n) is 7.12. The SMILES string of the molecule is Cc1ccc(C(C(C)N)N2CC(C)C(N(C)C)C2)s1. The molecule has 0 amide bonds. The van der Waals surface area contributed by atoms with Gasteiger partial charge in [0, 0.05) is 34.9 Å². The zero-order chi connectivity index (χ0) is 14.2. The summed E-state index contributed by atoms with van der Waals surface area (Å²) in [6.45, 7) is 8.92. The zero-order valence-corrected chi connectivity index (χ0v) is 13.6. The van der Waals surface area contributed by atoms with E-state index in [-0.39, 0.29) is 6.04 Å². The molecule has 1 aliphatic rings. The monoisotopic (exact) mass is 281 g/mol. The van der Waals surface area contributed by atoms with Crippen LogP contribution in [-0.2, 0) is 0 Å². The Morgan fingerprint density at radius 1 is 1.37 bits per heavy atom. The van der Waals surface area contributed by atoms with Crippen LogP contribution in [0.4, 0.5) is 0 Å². The van der Waals surface area contributed by atoms with E-state index in [2.05, 4.69) is 56.8 Å². The smallest absolute Gasteiger partial charge is 0.0591 e. The fourth-order valence-electron chi connectivity index (χ4n) is 3.27. The Kier molecular flexibility index (Phi) is 4.66. The Labute approximate surface area is 121 Å². The van der Waals surface area contributed by atoms with E-state index in [1.807, 2.05) is 11.3 Å². The van der Waals surface area contributed by atoms with Gasteiger partial charge in [0.05, 0.1) is 6.04 Å². The summed E-state index contributed by atoms with van der Waals surface area (Å²) in [5.74, 6) is 0.706. The summed E-state index contributed by atoms with van der Waals surface area (Å²) < 4.78 is 0. The van der Waals surface area contributed by atoms with Crippen molar-refractivity contribution in [3.05, 3.63) is 21.9 Å². The van der Waals surface area contributed by atoms with Gasteiger partial charge in [0.2, 0.25) is 0 Å². The van der Waals surface area contributed by atoms with Gasteiger partial charge >= 0.3 is 0 Å². The Balaban J connectivity index is 2.18. The molecule has 2 N–H and O–H groups in total. The second-order valence-corrected chi connectivity index (χ2v) is 7.53. The van der Waals surface area contributed by atoms with Crippen LogP contribution in [0.25, 0.3) is 0 Å². The summed E-state index contributed by atoms with van der Waals surface area (Å²) in [6.07, 6.45) is 0. The van der Waals surface area contributed by atoms with Crippen molar-refractivity contribution in [2.24, 2.45) is 11.7 Å². The molecule has 1 aliphatic heterocycles. The number of thiophene rings is 1. The third kappa shape index (κ3) is 3.19. The normalized spacial score (nSPS) is 27.9. The van der Waals surface area contributed by atoms with Crippen LogP contribution in [0.5, 0.6) is 0 Å². The van der Waals surface area contributed by atoms with Crippen molar-refractivity contribution in [3.8, 4) is 0 Å². The number of aryl methyl sites for hydroxylation is 1. The van der Waals surface area contributed by atoms with E-state index in [0.717, 1.165) is 13.1 Å². The number of hydrogen-bond acceptors (Lipinski definition) is 4. The number of rotatable bonds is 4. The first-order chi connectivity index (χ1) is 8.90. The van der Waals surface area contributed by atoms with E-state index in [4.69, 9.17) is 5.73 Å². The molecular formula is C15H27N3S. The third-order valence-electron chi connectivity index (χ3n) is 4.21. The van der Waals surface area contributed by atoms with Gasteiger partial charge in [-0.15, -0.1) is 11.3 Å². The number of hydrogen-bond donors (Lipinski definition) is 1. The highest BCUT2D eigenvalue weighted by Gasteiger charge is 2.36. The van der Waals surface area contributed by atoms with Crippen molar-refractivity contribution in [2.75, 3.05) is 27.2 Å². The number of nitrogens with two attached hydrogens (primary N) is 1. The molecule has 0 aromatic carbocycles. The second-order valence-electron chi connectivity index (χ2n) is 6.21. The van der Waals surface area contributed by atoms with E-state index in [9.17, 15) is 0 Å². The molecular weight excluding hydrogens is 254 g/mol. The highest BCUT2D eigenvalue weighted by Crippen LogP contribution is 2.34. The molecule has 0 aliphatic carbocycles. The summed E-state index contributed by atoms with van der Waals surface area (Å²) in [4.78, 5) is 7.71. The van der Waals surface area contributed by atoms with Crippen molar-refractivity contribution < 1.29 is 0 Å². The van der Waals surface area contributed by atoms with Gasteiger partial charge in [-0.05, 0) is 46.0 Å². The molecule has 1 aromatic heterocycles. The predicted molar refractivity (Wildman–Crippen MR) is 83.7 cm³/mol. The predicted octanol–water partition coefficient (Wildman–Crippen LogP) is 2.33. The van der Waals surface area contributed by atoms with Crippen LogP contribution < -0.4 is 5.73 Å². The summed E-state index contributed by atoms with van der Waals surface area (Å²) in [7, 11) is 4.36. The molecule has 1 aromatic rings. The fourth-order valence-corrected chi connectivity index (χ4v) is 4.40. The maximum atomic E-state index is 6.28. The van der Waals surface area contributed by atoms with Crippen molar-refractivity contribution in [2.45, 2.75) is 38.9 Å². The lowest BCUT2D eigenvalue weighted by atomic mass is 10.1. The standard InChI is InChI=1S/C15H27N3S/c1-10-8-18(9-13(10)17(4)5)15(12(3)16)14-7-6-11(2)19-14/h6-7,10,12-13,15H,8-9,16H2,1-5H3. The van der Waals surface area contributed by atoms with E-state index < -0.39 is 0 Å². The molecule has 3 nitrogen and oxygen atoms in total. The minimum atomic E-state index is 0.172. The van der Waals surface area contributed by atoms with Crippen LogP contribution in [-0.4, -0.2) is 49.1 Å². The molecule has 19 heavy (non-hydrogen) atoms. The molecule has 2 rings (SSSR count). The van der Waals surface area contributed by atoms with Crippen LogP contribution in [0, 0.1) is 12.8 Å². The van der Waals surface area contributed by atoms with Gasteiger partial charge in [-0.2, -0.15) is 0 Å². The average Bonchev–Trinajstić information content (AvgIpc) is 2.86. The van der Waals surface area contributed by atoms with E-state index in [1.54, 1.807) is 0 Å². The van der Waals surface area contributed by atoms with Gasteiger partial charge < -0.3 is 10.6 Å². The summed E-state index contributed by atoms with van der Waals surface area (Å²) in [5, 5.41) is 0. The highest BCUT2D eigenvalue weighted by molar-refractivity contribution is 7.12. The topological polar surface area (TPSA) is 32.5 Å². The average molecular weight is 281 g/mol. The largest absolute Gasteiger partial charge is 0.326 e. The molecule has 0 saturated carbocycles. The molecule has 4 atom stereocenters. The maximum Gasteiger partial charge on any atom is 0.0591 e. The molecule has 4 heteroatoms. The van der Waals surface area contributed by atoms with Gasteiger partial charge in [-0.1, -0.05) is 6.92 Å². The molecule has 0 bridgehead atoms. The summed E-state index contributed by atoms with van der Waals surface area (Å²) in [6, 6.07) is 5.64. The quantitative estimate of drug-likeness (QED) is 0.919. The van der Waals surface area contributed by atoms with Crippen LogP contribution >= 0.6 is 11.3 Å². The van der Waals surface area contributed by atoms with Gasteiger partial charge in [0.25, 0.3) is 0 Å². The van der Waals surface area contributed by atoms with Crippen molar-refractivity contribution in [1.29, 1.82) is 0 Å². The molecule has 0 radical (unpaired) electrons. The number of likely N-dealkylation sites (N-methyl/N-ethyl adjacent to an activating group) is 1. The maximum absolute atomic E-state index is 6.28. The molecule has 108 valence electrons. The van der Waals surface area contributed by atoms with Crippen LogP contribution in [0.3, 0.4) is 0 Å². The Hall–Kier alpha value is -0.420. The Bertz CT molecular complexity index is 413. The number of nitrogens with zero attached hydrogens (tertiary/aromatic N) is 2. The van der Waals surface area contributed by atoms with Gasteiger partial charge in [0.1, 0.15) is 0 Å². The van der Waals surface area contributed by atoms with E-state index in [0.29, 0.717) is 18.0 Å². The molecule has 4 unspecified atom stereocenters. The lowest BCUT2D eigenvalue weighted by Crippen LogP contribution is -2.40. The molecule has 1 fully saturated rings. The molecule has 1 saturated heterocycles. The van der Waals surface area contributed by atoms with Gasteiger partial charge in [-0.25, -0.2) is 0 Å². The minimum Gasteiger partial charge on any atom is -0.326 e. The molecule has 2 heterocycles. The fraction of sp³-hybridized carbons (Fsp3) is 0.733. The van der Waals surface area contributed by atoms with Crippen LogP contribution in [0.15, 0.2) is 12.1 Å². The van der Waals surface area contributed by atoms with Crippen LogP contribution in [0.2, 0.25) is 0 Å². The van der Waals surface area contributed by atoms with Gasteiger partial charge in [0.15, 0.2) is 0 Å². The Morgan fingerprint density at radius 3 is 2.47 bits per heavy atom. The van der Waals surface area contributed by atoms with E-state index in [1.165, 1.54) is 9.75 Å². The first kappa shape index (κ1) is 15.0. The van der Waals surface area contributed by atoms with Crippen molar-refractivity contribution in [3.63, 3.8) is 0 Å². The van der Waals surface area contributed by atoms with Crippen LogP contribution in [0.1, 0.15) is 29.6 Å². The second kappa shape index (κ2) is 5.92. The first-order valence-corrected chi connectivity index (χ1v) is 7.94. The van der Waals surface area contributed by atoms with Crippen molar-refractivity contribution in [1.82, 2.24) is 9.80 Å². The minimum absolute atomic E-state index is 0.172.